The first kappa shape index (κ1) is 15.2. The molecule has 0 amide bonds. The summed E-state index contributed by atoms with van der Waals surface area (Å²) in [4.78, 5) is 0. The Kier molecular flexibility index (Phi) is 3.79. The van der Waals surface area contributed by atoms with Crippen molar-refractivity contribution in [1.29, 1.82) is 0 Å². The Morgan fingerprint density at radius 3 is 2.77 bits per heavy atom. The molecule has 0 spiro atoms. The largest absolute Gasteiger partial charge is 0.246 e. The van der Waals surface area contributed by atoms with Crippen molar-refractivity contribution >= 4 is 0 Å². The summed E-state index contributed by atoms with van der Waals surface area (Å²) in [7, 11) is 0. The maximum Gasteiger partial charge on any atom is 0.151 e. The van der Waals surface area contributed by atoms with E-state index in [-0.39, 0.29) is 0 Å². The van der Waals surface area contributed by atoms with Gasteiger partial charge in [-0.25, -0.2) is 9.07 Å². The van der Waals surface area contributed by atoms with E-state index < -0.39 is 5.67 Å². The van der Waals surface area contributed by atoms with Crippen molar-refractivity contribution < 1.29 is 4.39 Å². The van der Waals surface area contributed by atoms with Crippen LogP contribution in [-0.2, 0) is 12.2 Å². The first-order valence-electron chi connectivity index (χ1n) is 8.18. The Bertz CT molecular complexity index is 673. The molecule has 1 aromatic heterocycles. The smallest absolute Gasteiger partial charge is 0.151 e. The molecule has 0 saturated carbocycles. The van der Waals surface area contributed by atoms with Gasteiger partial charge in [0.15, 0.2) is 5.67 Å². The number of rotatable bonds is 2. The number of halogens is 1. The van der Waals surface area contributed by atoms with Crippen LogP contribution in [0.2, 0.25) is 0 Å². The van der Waals surface area contributed by atoms with Crippen LogP contribution in [-0.4, -0.2) is 15.0 Å². The summed E-state index contributed by atoms with van der Waals surface area (Å²) >= 11 is 0. The van der Waals surface area contributed by atoms with Crippen molar-refractivity contribution in [3.63, 3.8) is 0 Å². The number of aryl methyl sites for hydroxylation is 1. The fraction of sp³-hybridized carbons (Fsp3) is 0.556. The summed E-state index contributed by atoms with van der Waals surface area (Å²) in [6.45, 7) is 8.71. The zero-order valence-corrected chi connectivity index (χ0v) is 13.8. The molecule has 1 aliphatic rings. The molecule has 4 heteroatoms. The van der Waals surface area contributed by atoms with Crippen molar-refractivity contribution in [3.05, 3.63) is 35.5 Å². The summed E-state index contributed by atoms with van der Waals surface area (Å²) in [5, 5.41) is 8.52. The van der Waals surface area contributed by atoms with Crippen LogP contribution in [0.3, 0.4) is 0 Å². The number of hydrogen-bond acceptors (Lipinski definition) is 2. The van der Waals surface area contributed by atoms with Gasteiger partial charge in [-0.3, -0.25) is 0 Å². The van der Waals surface area contributed by atoms with Gasteiger partial charge in [-0.1, -0.05) is 43.3 Å². The van der Waals surface area contributed by atoms with Crippen LogP contribution in [0.5, 0.6) is 0 Å². The molecule has 1 heterocycles. The predicted molar refractivity (Wildman–Crippen MR) is 86.4 cm³/mol. The van der Waals surface area contributed by atoms with E-state index in [2.05, 4.69) is 42.4 Å². The lowest BCUT2D eigenvalue weighted by molar-refractivity contribution is 0.150. The van der Waals surface area contributed by atoms with Gasteiger partial charge in [0, 0.05) is 12.1 Å². The lowest BCUT2D eigenvalue weighted by Gasteiger charge is -2.31. The maximum atomic E-state index is 15.4. The average molecular weight is 301 g/mol. The highest BCUT2D eigenvalue weighted by molar-refractivity contribution is 5.68. The van der Waals surface area contributed by atoms with E-state index in [1.165, 1.54) is 5.56 Å². The lowest BCUT2D eigenvalue weighted by Crippen LogP contribution is -2.25. The van der Waals surface area contributed by atoms with E-state index in [0.717, 1.165) is 12.0 Å². The summed E-state index contributed by atoms with van der Waals surface area (Å²) in [5.74, 6) is 0.825. The zero-order chi connectivity index (χ0) is 15.9. The van der Waals surface area contributed by atoms with E-state index >= 15 is 4.39 Å². The van der Waals surface area contributed by atoms with Gasteiger partial charge >= 0.3 is 0 Å². The molecule has 2 atom stereocenters. The second-order valence-electron chi connectivity index (χ2n) is 6.78. The molecule has 22 heavy (non-hydrogen) atoms. The molecule has 1 aliphatic carbocycles. The van der Waals surface area contributed by atoms with Crippen LogP contribution >= 0.6 is 0 Å². The monoisotopic (exact) mass is 301 g/mol. The first-order chi connectivity index (χ1) is 10.5. The molecule has 0 radical (unpaired) electrons. The lowest BCUT2D eigenvalue weighted by atomic mass is 9.76. The van der Waals surface area contributed by atoms with Crippen molar-refractivity contribution in [2.75, 3.05) is 0 Å². The highest BCUT2D eigenvalue weighted by Gasteiger charge is 2.38. The normalized spacial score (nSPS) is 24.5. The van der Waals surface area contributed by atoms with Gasteiger partial charge in [0.25, 0.3) is 0 Å². The van der Waals surface area contributed by atoms with Crippen LogP contribution < -0.4 is 0 Å². The standard InChI is InChI=1S/C18H24FN3/c1-5-22-17-16(20-21-22)15-9-7-6-8-14(15)13(12(2)3)10-11-18(17,4)19/h6-9,12-13H,5,10-11H2,1-4H3. The third-order valence-corrected chi connectivity index (χ3v) is 4.87. The minimum atomic E-state index is -1.39. The van der Waals surface area contributed by atoms with Gasteiger partial charge < -0.3 is 0 Å². The SMILES string of the molecule is CCn1nnc2c1C(C)(F)CCC(C(C)C)c1ccccc1-2. The van der Waals surface area contributed by atoms with Gasteiger partial charge in [0.05, 0.1) is 0 Å². The van der Waals surface area contributed by atoms with Crippen molar-refractivity contribution in [3.8, 4) is 11.3 Å². The van der Waals surface area contributed by atoms with E-state index in [9.17, 15) is 0 Å². The summed E-state index contributed by atoms with van der Waals surface area (Å²) in [5.41, 5.74) is 2.27. The molecule has 2 aromatic rings. The van der Waals surface area contributed by atoms with E-state index in [1.807, 2.05) is 13.0 Å². The Balaban J connectivity index is 2.28. The van der Waals surface area contributed by atoms with Crippen molar-refractivity contribution in [1.82, 2.24) is 15.0 Å². The Morgan fingerprint density at radius 1 is 1.36 bits per heavy atom. The molecular weight excluding hydrogens is 277 g/mol. The minimum Gasteiger partial charge on any atom is -0.246 e. The molecular formula is C18H24FN3. The van der Waals surface area contributed by atoms with Crippen LogP contribution in [0.15, 0.2) is 24.3 Å². The summed E-state index contributed by atoms with van der Waals surface area (Å²) in [6.07, 6.45) is 1.35. The quantitative estimate of drug-likeness (QED) is 0.806. The fourth-order valence-electron chi connectivity index (χ4n) is 3.66. The molecule has 2 unspecified atom stereocenters. The van der Waals surface area contributed by atoms with Gasteiger partial charge in [-0.05, 0) is 44.1 Å². The van der Waals surface area contributed by atoms with E-state index in [1.54, 1.807) is 11.6 Å². The third kappa shape index (κ3) is 2.34. The van der Waals surface area contributed by atoms with Crippen LogP contribution in [0.1, 0.15) is 57.7 Å². The topological polar surface area (TPSA) is 30.7 Å². The van der Waals surface area contributed by atoms with Crippen molar-refractivity contribution in [2.45, 2.75) is 58.7 Å². The molecule has 0 aliphatic heterocycles. The van der Waals surface area contributed by atoms with Gasteiger partial charge in [0.1, 0.15) is 11.4 Å². The highest BCUT2D eigenvalue weighted by Crippen LogP contribution is 2.45. The Hall–Kier alpha value is -1.71. The number of benzene rings is 1. The molecule has 0 N–H and O–H groups in total. The minimum absolute atomic E-state index is 0.353. The Morgan fingerprint density at radius 2 is 2.09 bits per heavy atom. The number of nitrogens with zero attached hydrogens (tertiary/aromatic N) is 3. The van der Waals surface area contributed by atoms with Gasteiger partial charge in [-0.15, -0.1) is 5.10 Å². The molecule has 3 nitrogen and oxygen atoms in total. The summed E-state index contributed by atoms with van der Waals surface area (Å²) in [6, 6.07) is 8.28. The first-order valence-corrected chi connectivity index (χ1v) is 8.18. The maximum absolute atomic E-state index is 15.4. The van der Waals surface area contributed by atoms with Crippen LogP contribution in [0.25, 0.3) is 11.3 Å². The molecule has 118 valence electrons. The second-order valence-corrected chi connectivity index (χ2v) is 6.78. The number of alkyl halides is 1. The van der Waals surface area contributed by atoms with Crippen LogP contribution in [0, 0.1) is 5.92 Å². The predicted octanol–water partition coefficient (Wildman–Crippen LogP) is 4.68. The molecule has 0 bridgehead atoms. The second kappa shape index (κ2) is 5.49. The van der Waals surface area contributed by atoms with E-state index in [4.69, 9.17) is 0 Å². The third-order valence-electron chi connectivity index (χ3n) is 4.87. The summed E-state index contributed by atoms with van der Waals surface area (Å²) < 4.78 is 17.1. The average Bonchev–Trinajstić information content (AvgIpc) is 2.90. The van der Waals surface area contributed by atoms with E-state index in [0.29, 0.717) is 36.2 Å². The molecule has 0 fully saturated rings. The Labute approximate surface area is 131 Å². The van der Waals surface area contributed by atoms with Gasteiger partial charge in [0.2, 0.25) is 0 Å². The molecule has 1 aromatic carbocycles. The zero-order valence-electron chi connectivity index (χ0n) is 13.8. The number of hydrogen-bond donors (Lipinski definition) is 0. The van der Waals surface area contributed by atoms with Gasteiger partial charge in [-0.2, -0.15) is 0 Å². The number of aromatic nitrogens is 3. The molecule has 3 rings (SSSR count). The highest BCUT2D eigenvalue weighted by atomic mass is 19.1. The van der Waals surface area contributed by atoms with Crippen LogP contribution in [0.4, 0.5) is 4.39 Å². The number of fused-ring (bicyclic) bond motifs is 3. The fourth-order valence-corrected chi connectivity index (χ4v) is 3.66. The van der Waals surface area contributed by atoms with Crippen molar-refractivity contribution in [2.24, 2.45) is 5.92 Å². The molecule has 0 saturated heterocycles.